The van der Waals surface area contributed by atoms with E-state index >= 15 is 0 Å². The minimum absolute atomic E-state index is 0.221. The van der Waals surface area contributed by atoms with E-state index < -0.39 is 14.6 Å². The van der Waals surface area contributed by atoms with E-state index in [0.717, 1.165) is 10.9 Å². The van der Waals surface area contributed by atoms with Crippen molar-refractivity contribution < 1.29 is 12.8 Å². The van der Waals surface area contributed by atoms with Crippen LogP contribution in [0.15, 0.2) is 27.7 Å². The smallest absolute Gasteiger partial charge is 0.191 e. The Morgan fingerprint density at radius 1 is 1.33 bits per heavy atom. The maximum Gasteiger partial charge on any atom is 0.191 e. The van der Waals surface area contributed by atoms with Gasteiger partial charge in [0.15, 0.2) is 15.8 Å². The second-order valence-electron chi connectivity index (χ2n) is 6.22. The average molecular weight is 422 g/mol. The first kappa shape index (κ1) is 20.9. The summed E-state index contributed by atoms with van der Waals surface area (Å²) in [6.45, 7) is 4.19. The third-order valence-corrected chi connectivity index (χ3v) is 6.48. The van der Waals surface area contributed by atoms with Gasteiger partial charge in [0, 0.05) is 30.9 Å². The third kappa shape index (κ3) is 6.39. The zero-order valence-electron chi connectivity index (χ0n) is 14.5. The molecular weight excluding hydrogens is 397 g/mol. The lowest BCUT2D eigenvalue weighted by atomic mass is 10.1. The molecule has 0 radical (unpaired) electrons. The molecule has 0 amide bonds. The maximum atomic E-state index is 13.7. The fourth-order valence-electron chi connectivity index (χ4n) is 1.86. The standard InChI is InChI=1S/C16H25BrFN3O2S/c1-16(2,24(4,22)23)11-21-15(19-3)20-9-5-6-12-7-8-13(17)10-14(12)18/h7-8,10H,5-6,9,11H2,1-4H3,(H2,19,20,21). The monoisotopic (exact) mass is 421 g/mol. The summed E-state index contributed by atoms with van der Waals surface area (Å²) in [5, 5.41) is 6.12. The number of hydrogen-bond acceptors (Lipinski definition) is 3. The van der Waals surface area contributed by atoms with Gasteiger partial charge in [0.1, 0.15) is 5.82 Å². The molecule has 0 atom stereocenters. The molecule has 0 fully saturated rings. The molecule has 1 aromatic carbocycles. The molecule has 2 N–H and O–H groups in total. The van der Waals surface area contributed by atoms with Crippen LogP contribution in [0.25, 0.3) is 0 Å². The van der Waals surface area contributed by atoms with Crippen molar-refractivity contribution >= 4 is 31.7 Å². The van der Waals surface area contributed by atoms with Crippen molar-refractivity contribution in [2.24, 2.45) is 4.99 Å². The molecule has 0 heterocycles. The van der Waals surface area contributed by atoms with Gasteiger partial charge in [-0.3, -0.25) is 4.99 Å². The topological polar surface area (TPSA) is 70.6 Å². The summed E-state index contributed by atoms with van der Waals surface area (Å²) in [5.41, 5.74) is 0.668. The van der Waals surface area contributed by atoms with Crippen LogP contribution in [0.3, 0.4) is 0 Å². The summed E-state index contributed by atoms with van der Waals surface area (Å²) < 4.78 is 36.9. The van der Waals surface area contributed by atoms with Crippen LogP contribution in [-0.2, 0) is 16.3 Å². The van der Waals surface area contributed by atoms with E-state index in [4.69, 9.17) is 0 Å². The van der Waals surface area contributed by atoms with Crippen LogP contribution >= 0.6 is 15.9 Å². The van der Waals surface area contributed by atoms with Gasteiger partial charge < -0.3 is 10.6 Å². The molecule has 0 spiro atoms. The number of benzene rings is 1. The van der Waals surface area contributed by atoms with E-state index in [-0.39, 0.29) is 12.4 Å². The highest BCUT2D eigenvalue weighted by Gasteiger charge is 2.30. The highest BCUT2D eigenvalue weighted by Crippen LogP contribution is 2.16. The van der Waals surface area contributed by atoms with Crippen molar-refractivity contribution in [3.05, 3.63) is 34.1 Å². The lowest BCUT2D eigenvalue weighted by Crippen LogP contribution is -2.47. The molecule has 0 aromatic heterocycles. The van der Waals surface area contributed by atoms with Crippen molar-refractivity contribution in [3.63, 3.8) is 0 Å². The maximum absolute atomic E-state index is 13.7. The zero-order valence-corrected chi connectivity index (χ0v) is 16.9. The number of halogens is 2. The fraction of sp³-hybridized carbons (Fsp3) is 0.562. The molecule has 5 nitrogen and oxygen atoms in total. The molecule has 0 saturated carbocycles. The van der Waals surface area contributed by atoms with E-state index in [0.29, 0.717) is 24.5 Å². The SMILES string of the molecule is CN=C(NCCCc1ccc(Br)cc1F)NCC(C)(C)S(C)(=O)=O. The summed E-state index contributed by atoms with van der Waals surface area (Å²) >= 11 is 3.23. The van der Waals surface area contributed by atoms with Gasteiger partial charge in [-0.15, -0.1) is 0 Å². The highest BCUT2D eigenvalue weighted by atomic mass is 79.9. The van der Waals surface area contributed by atoms with Gasteiger partial charge in [0.05, 0.1) is 4.75 Å². The van der Waals surface area contributed by atoms with Crippen molar-refractivity contribution in [1.82, 2.24) is 10.6 Å². The molecule has 0 bridgehead atoms. The molecule has 0 unspecified atom stereocenters. The second kappa shape index (κ2) is 8.80. The Kier molecular flexibility index (Phi) is 7.66. The Bertz CT molecular complexity index is 691. The van der Waals surface area contributed by atoms with Crippen LogP contribution < -0.4 is 10.6 Å². The van der Waals surface area contributed by atoms with Crippen molar-refractivity contribution in [2.45, 2.75) is 31.4 Å². The molecule has 136 valence electrons. The normalized spacial score (nSPS) is 13.0. The Balaban J connectivity index is 2.42. The lowest BCUT2D eigenvalue weighted by molar-refractivity contribution is 0.544. The molecule has 0 aliphatic heterocycles. The molecule has 0 aliphatic rings. The van der Waals surface area contributed by atoms with E-state index in [9.17, 15) is 12.8 Å². The molecule has 1 rings (SSSR count). The van der Waals surface area contributed by atoms with E-state index in [1.807, 2.05) is 6.07 Å². The second-order valence-corrected chi connectivity index (χ2v) is 9.79. The highest BCUT2D eigenvalue weighted by molar-refractivity contribution is 9.10. The van der Waals surface area contributed by atoms with Crippen LogP contribution in [0.1, 0.15) is 25.8 Å². The number of guanidine groups is 1. The van der Waals surface area contributed by atoms with Crippen LogP contribution in [0.2, 0.25) is 0 Å². The van der Waals surface area contributed by atoms with E-state index in [1.54, 1.807) is 27.0 Å². The quantitative estimate of drug-likeness (QED) is 0.403. The molecule has 24 heavy (non-hydrogen) atoms. The summed E-state index contributed by atoms with van der Waals surface area (Å²) in [6, 6.07) is 5.04. The van der Waals surface area contributed by atoms with Crippen molar-refractivity contribution in [2.75, 3.05) is 26.4 Å². The van der Waals surface area contributed by atoms with E-state index in [1.165, 1.54) is 12.3 Å². The zero-order chi connectivity index (χ0) is 18.4. The van der Waals surface area contributed by atoms with Crippen molar-refractivity contribution in [1.29, 1.82) is 0 Å². The van der Waals surface area contributed by atoms with Crippen LogP contribution in [0.5, 0.6) is 0 Å². The number of aliphatic imine (C=N–C) groups is 1. The van der Waals surface area contributed by atoms with Gasteiger partial charge >= 0.3 is 0 Å². The van der Waals surface area contributed by atoms with Crippen LogP contribution in [-0.4, -0.2) is 45.5 Å². The minimum Gasteiger partial charge on any atom is -0.356 e. The van der Waals surface area contributed by atoms with Gasteiger partial charge in [-0.1, -0.05) is 22.0 Å². The molecule has 1 aromatic rings. The average Bonchev–Trinajstić information content (AvgIpc) is 2.47. The first-order valence-electron chi connectivity index (χ1n) is 7.65. The largest absolute Gasteiger partial charge is 0.356 e. The van der Waals surface area contributed by atoms with E-state index in [2.05, 4.69) is 31.6 Å². The van der Waals surface area contributed by atoms with Gasteiger partial charge in [-0.2, -0.15) is 0 Å². The number of sulfone groups is 1. The first-order valence-corrected chi connectivity index (χ1v) is 10.3. The number of nitrogens with zero attached hydrogens (tertiary/aromatic N) is 1. The summed E-state index contributed by atoms with van der Waals surface area (Å²) in [7, 11) is -1.54. The Labute approximate surface area is 152 Å². The fourth-order valence-corrected chi connectivity index (χ4v) is 2.53. The van der Waals surface area contributed by atoms with Crippen LogP contribution in [0, 0.1) is 5.82 Å². The predicted molar refractivity (Wildman–Crippen MR) is 101 cm³/mol. The summed E-state index contributed by atoms with van der Waals surface area (Å²) in [4.78, 5) is 4.07. The molecular formula is C16H25BrFN3O2S. The Hall–Kier alpha value is -1.15. The predicted octanol–water partition coefficient (Wildman–Crippen LogP) is 2.51. The van der Waals surface area contributed by atoms with Crippen molar-refractivity contribution in [3.8, 4) is 0 Å². The van der Waals surface area contributed by atoms with Gasteiger partial charge in [-0.25, -0.2) is 12.8 Å². The van der Waals surface area contributed by atoms with Gasteiger partial charge in [-0.05, 0) is 44.4 Å². The Morgan fingerprint density at radius 3 is 2.54 bits per heavy atom. The number of aryl methyl sites for hydroxylation is 1. The third-order valence-electron chi connectivity index (χ3n) is 3.84. The number of rotatable bonds is 7. The number of hydrogen-bond donors (Lipinski definition) is 2. The summed E-state index contributed by atoms with van der Waals surface area (Å²) in [6.07, 6.45) is 2.56. The Morgan fingerprint density at radius 2 is 2.00 bits per heavy atom. The molecule has 0 saturated heterocycles. The van der Waals surface area contributed by atoms with Gasteiger partial charge in [0.2, 0.25) is 0 Å². The summed E-state index contributed by atoms with van der Waals surface area (Å²) in [5.74, 6) is 0.310. The van der Waals surface area contributed by atoms with Gasteiger partial charge in [0.25, 0.3) is 0 Å². The molecule has 8 heteroatoms. The first-order chi connectivity index (χ1) is 11.1. The molecule has 0 aliphatic carbocycles. The number of nitrogens with one attached hydrogen (secondary N) is 2. The minimum atomic E-state index is -3.17. The van der Waals surface area contributed by atoms with Crippen LogP contribution in [0.4, 0.5) is 4.39 Å². The lowest BCUT2D eigenvalue weighted by Gasteiger charge is -2.24.